The van der Waals surface area contributed by atoms with Gasteiger partial charge in [-0.2, -0.15) is 0 Å². The monoisotopic (exact) mass is 266 g/mol. The van der Waals surface area contributed by atoms with E-state index in [0.29, 0.717) is 6.04 Å². The van der Waals surface area contributed by atoms with Gasteiger partial charge in [-0.25, -0.2) is 0 Å². The first kappa shape index (κ1) is 13.2. The predicted octanol–water partition coefficient (Wildman–Crippen LogP) is 4.57. The molecular formula is C18H22N2. The maximum atomic E-state index is 6.25. The zero-order valence-electron chi connectivity index (χ0n) is 12.6. The maximum Gasteiger partial charge on any atom is 0.0494 e. The molecule has 0 aliphatic carbocycles. The summed E-state index contributed by atoms with van der Waals surface area (Å²) in [4.78, 5) is 0. The third kappa shape index (κ3) is 1.92. The fraction of sp³-hybridized carbons (Fsp3) is 0.333. The van der Waals surface area contributed by atoms with Gasteiger partial charge in [-0.3, -0.25) is 0 Å². The molecule has 0 saturated heterocycles. The Kier molecular flexibility index (Phi) is 2.87. The van der Waals surface area contributed by atoms with E-state index in [-0.39, 0.29) is 5.54 Å². The lowest BCUT2D eigenvalue weighted by atomic mass is 9.94. The summed E-state index contributed by atoms with van der Waals surface area (Å²) >= 11 is 0. The van der Waals surface area contributed by atoms with E-state index in [1.165, 1.54) is 27.4 Å². The van der Waals surface area contributed by atoms with Crippen LogP contribution in [0, 0.1) is 0 Å². The van der Waals surface area contributed by atoms with E-state index in [1.54, 1.807) is 0 Å². The molecule has 0 spiro atoms. The van der Waals surface area contributed by atoms with Gasteiger partial charge in [0.25, 0.3) is 0 Å². The van der Waals surface area contributed by atoms with Crippen molar-refractivity contribution in [3.05, 3.63) is 48.0 Å². The lowest BCUT2D eigenvalue weighted by molar-refractivity contribution is 0.555. The summed E-state index contributed by atoms with van der Waals surface area (Å²) in [6.07, 6.45) is 0. The smallest absolute Gasteiger partial charge is 0.0494 e. The van der Waals surface area contributed by atoms with Gasteiger partial charge in [0.1, 0.15) is 0 Å². The van der Waals surface area contributed by atoms with Gasteiger partial charge >= 0.3 is 0 Å². The average molecular weight is 266 g/mol. The normalized spacial score (nSPS) is 12.7. The molecule has 2 nitrogen and oxygen atoms in total. The summed E-state index contributed by atoms with van der Waals surface area (Å²) < 4.78 is 2.40. The SMILES string of the molecule is CC(C)n1c2ccccc2c2cc(C(C)(C)N)ccc21. The highest BCUT2D eigenvalue weighted by Gasteiger charge is 2.18. The van der Waals surface area contributed by atoms with Gasteiger partial charge in [0, 0.05) is 33.4 Å². The van der Waals surface area contributed by atoms with Crippen LogP contribution in [0.4, 0.5) is 0 Å². The van der Waals surface area contributed by atoms with E-state index < -0.39 is 0 Å². The van der Waals surface area contributed by atoms with Crippen molar-refractivity contribution in [2.24, 2.45) is 5.73 Å². The maximum absolute atomic E-state index is 6.25. The number of fused-ring (bicyclic) bond motifs is 3. The molecule has 1 heterocycles. The standard InChI is InChI=1S/C18H22N2/c1-12(2)20-16-8-6-5-7-14(16)15-11-13(18(3,4)19)9-10-17(15)20/h5-12H,19H2,1-4H3. The van der Waals surface area contributed by atoms with Crippen molar-refractivity contribution in [1.82, 2.24) is 4.57 Å². The Hall–Kier alpha value is -1.80. The van der Waals surface area contributed by atoms with Gasteiger partial charge in [-0.1, -0.05) is 24.3 Å². The fourth-order valence-electron chi connectivity index (χ4n) is 2.96. The van der Waals surface area contributed by atoms with Gasteiger partial charge in [-0.05, 0) is 51.5 Å². The van der Waals surface area contributed by atoms with Gasteiger partial charge in [0.2, 0.25) is 0 Å². The molecule has 0 fully saturated rings. The van der Waals surface area contributed by atoms with Crippen LogP contribution < -0.4 is 5.73 Å². The van der Waals surface area contributed by atoms with Gasteiger partial charge in [-0.15, -0.1) is 0 Å². The van der Waals surface area contributed by atoms with Crippen molar-refractivity contribution in [3.8, 4) is 0 Å². The van der Waals surface area contributed by atoms with Crippen LogP contribution in [-0.2, 0) is 5.54 Å². The Labute approximate surface area is 120 Å². The van der Waals surface area contributed by atoms with Crippen LogP contribution in [0.15, 0.2) is 42.5 Å². The number of rotatable bonds is 2. The number of benzene rings is 2. The first-order valence-corrected chi connectivity index (χ1v) is 7.21. The molecule has 2 heteroatoms. The predicted molar refractivity (Wildman–Crippen MR) is 87.0 cm³/mol. The Balaban J connectivity index is 2.44. The van der Waals surface area contributed by atoms with E-state index in [4.69, 9.17) is 5.73 Å². The Morgan fingerprint density at radius 1 is 0.950 bits per heavy atom. The summed E-state index contributed by atoms with van der Waals surface area (Å²) in [6.45, 7) is 8.56. The molecule has 104 valence electrons. The second-order valence-electron chi connectivity index (χ2n) is 6.43. The van der Waals surface area contributed by atoms with E-state index in [1.807, 2.05) is 0 Å². The third-order valence-corrected chi connectivity index (χ3v) is 3.97. The summed E-state index contributed by atoms with van der Waals surface area (Å²) in [5.74, 6) is 0. The molecular weight excluding hydrogens is 244 g/mol. The number of hydrogen-bond donors (Lipinski definition) is 1. The lowest BCUT2D eigenvalue weighted by Crippen LogP contribution is -2.28. The van der Waals surface area contributed by atoms with Gasteiger partial charge < -0.3 is 10.3 Å². The number of nitrogens with two attached hydrogens (primary N) is 1. The first-order chi connectivity index (χ1) is 9.39. The molecule has 3 aromatic rings. The molecule has 20 heavy (non-hydrogen) atoms. The summed E-state index contributed by atoms with van der Waals surface area (Å²) in [5, 5.41) is 2.60. The lowest BCUT2D eigenvalue weighted by Gasteiger charge is -2.19. The molecule has 3 rings (SSSR count). The molecule has 0 amide bonds. The van der Waals surface area contributed by atoms with E-state index in [9.17, 15) is 0 Å². The van der Waals surface area contributed by atoms with Gasteiger partial charge in [0.05, 0.1) is 0 Å². The van der Waals surface area contributed by atoms with E-state index in [0.717, 1.165) is 0 Å². The van der Waals surface area contributed by atoms with Crippen LogP contribution in [0.5, 0.6) is 0 Å². The molecule has 0 unspecified atom stereocenters. The van der Waals surface area contributed by atoms with Crippen LogP contribution in [0.2, 0.25) is 0 Å². The Morgan fingerprint density at radius 2 is 1.60 bits per heavy atom. The molecule has 0 aliphatic heterocycles. The summed E-state index contributed by atoms with van der Waals surface area (Å²) in [5.41, 5.74) is 9.70. The largest absolute Gasteiger partial charge is 0.338 e. The second kappa shape index (κ2) is 4.35. The molecule has 1 aromatic heterocycles. The molecule has 0 bridgehead atoms. The highest BCUT2D eigenvalue weighted by atomic mass is 15.0. The minimum Gasteiger partial charge on any atom is -0.338 e. The highest BCUT2D eigenvalue weighted by Crippen LogP contribution is 2.33. The molecule has 0 saturated carbocycles. The molecule has 2 N–H and O–H groups in total. The third-order valence-electron chi connectivity index (χ3n) is 3.97. The van der Waals surface area contributed by atoms with Crippen LogP contribution >= 0.6 is 0 Å². The molecule has 0 aliphatic rings. The zero-order chi connectivity index (χ0) is 14.5. The number of nitrogens with zero attached hydrogens (tertiary/aromatic N) is 1. The fourth-order valence-corrected chi connectivity index (χ4v) is 2.96. The summed E-state index contributed by atoms with van der Waals surface area (Å²) in [7, 11) is 0. The summed E-state index contributed by atoms with van der Waals surface area (Å²) in [6, 6.07) is 15.7. The van der Waals surface area contributed by atoms with Crippen LogP contribution in [-0.4, -0.2) is 4.57 Å². The topological polar surface area (TPSA) is 30.9 Å². The number of aromatic nitrogens is 1. The molecule has 0 radical (unpaired) electrons. The number of hydrogen-bond acceptors (Lipinski definition) is 1. The van der Waals surface area contributed by atoms with Crippen LogP contribution in [0.3, 0.4) is 0 Å². The minimum atomic E-state index is -0.310. The minimum absolute atomic E-state index is 0.310. The Morgan fingerprint density at radius 3 is 2.25 bits per heavy atom. The zero-order valence-corrected chi connectivity index (χ0v) is 12.6. The van der Waals surface area contributed by atoms with Crippen molar-refractivity contribution in [3.63, 3.8) is 0 Å². The van der Waals surface area contributed by atoms with Crippen LogP contribution in [0.25, 0.3) is 21.8 Å². The quantitative estimate of drug-likeness (QED) is 0.723. The second-order valence-corrected chi connectivity index (χ2v) is 6.43. The Bertz CT molecular complexity index is 773. The van der Waals surface area contributed by atoms with Crippen molar-refractivity contribution in [2.75, 3.05) is 0 Å². The molecule has 2 aromatic carbocycles. The van der Waals surface area contributed by atoms with Crippen molar-refractivity contribution >= 4 is 21.8 Å². The van der Waals surface area contributed by atoms with E-state index >= 15 is 0 Å². The van der Waals surface area contributed by atoms with Crippen molar-refractivity contribution in [1.29, 1.82) is 0 Å². The van der Waals surface area contributed by atoms with Crippen LogP contribution in [0.1, 0.15) is 39.3 Å². The molecule has 0 atom stereocenters. The first-order valence-electron chi connectivity index (χ1n) is 7.21. The van der Waals surface area contributed by atoms with Gasteiger partial charge in [0.15, 0.2) is 0 Å². The van der Waals surface area contributed by atoms with Crippen molar-refractivity contribution in [2.45, 2.75) is 39.3 Å². The highest BCUT2D eigenvalue weighted by molar-refractivity contribution is 6.08. The van der Waals surface area contributed by atoms with E-state index in [2.05, 4.69) is 74.7 Å². The number of para-hydroxylation sites is 1. The van der Waals surface area contributed by atoms with Crippen molar-refractivity contribution < 1.29 is 0 Å². The average Bonchev–Trinajstić information content (AvgIpc) is 2.71.